The molecule has 3 aromatic carbocycles. The fourth-order valence-corrected chi connectivity index (χ4v) is 5.35. The van der Waals surface area contributed by atoms with Crippen molar-refractivity contribution in [3.8, 4) is 22.8 Å². The second-order valence-electron chi connectivity index (χ2n) is 9.19. The van der Waals surface area contributed by atoms with Gasteiger partial charge in [-0.05, 0) is 97.5 Å². The predicted octanol–water partition coefficient (Wildman–Crippen LogP) is 8.93. The summed E-state index contributed by atoms with van der Waals surface area (Å²) in [6, 6.07) is 30.5. The number of aryl methyl sites for hydroxylation is 1. The highest BCUT2D eigenvalue weighted by Gasteiger charge is 2.42. The largest absolute Gasteiger partial charge is 0.459 e. The second kappa shape index (κ2) is 10.7. The van der Waals surface area contributed by atoms with E-state index in [0.717, 1.165) is 39.8 Å². The normalized spacial score (nSPS) is 16.8. The van der Waals surface area contributed by atoms with Crippen molar-refractivity contribution >= 4 is 46.2 Å². The molecule has 8 heteroatoms. The molecule has 0 amide bonds. The predicted molar refractivity (Wildman–Crippen MR) is 160 cm³/mol. The molecule has 3 heterocycles. The molecule has 5 aromatic rings. The van der Waals surface area contributed by atoms with Crippen molar-refractivity contribution in [2.45, 2.75) is 19.0 Å². The van der Waals surface area contributed by atoms with Crippen LogP contribution in [0.15, 0.2) is 108 Å². The Bertz CT molecular complexity index is 1640. The summed E-state index contributed by atoms with van der Waals surface area (Å²) in [7, 11) is 0. The molecule has 39 heavy (non-hydrogen) atoms. The van der Waals surface area contributed by atoms with E-state index in [9.17, 15) is 0 Å². The number of nitrogens with one attached hydrogen (secondary N) is 1. The number of furan rings is 1. The van der Waals surface area contributed by atoms with Crippen LogP contribution in [0, 0.1) is 6.92 Å². The molecule has 2 atom stereocenters. The molecular weight excluding hydrogens is 549 g/mol. The number of hydrogen-bond donors (Lipinski definition) is 1. The fourth-order valence-electron chi connectivity index (χ4n) is 4.71. The maximum atomic E-state index is 6.42. The number of benzene rings is 3. The van der Waals surface area contributed by atoms with E-state index in [1.165, 1.54) is 0 Å². The number of halogens is 2. The molecule has 5 nitrogen and oxygen atoms in total. The number of rotatable bonds is 6. The maximum Gasteiger partial charge on any atom is 0.174 e. The van der Waals surface area contributed by atoms with Gasteiger partial charge in [-0.25, -0.2) is 0 Å². The summed E-state index contributed by atoms with van der Waals surface area (Å²) in [5, 5.41) is 5.00. The average Bonchev–Trinajstić information content (AvgIpc) is 3.57. The first kappa shape index (κ1) is 25.4. The molecule has 0 aliphatic carbocycles. The minimum absolute atomic E-state index is 0.227. The van der Waals surface area contributed by atoms with E-state index in [-0.39, 0.29) is 12.1 Å². The third kappa shape index (κ3) is 5.11. The Balaban J connectivity index is 1.36. The summed E-state index contributed by atoms with van der Waals surface area (Å²) < 4.78 is 12.5. The van der Waals surface area contributed by atoms with Crippen LogP contribution in [0.2, 0.25) is 10.0 Å². The van der Waals surface area contributed by atoms with Crippen molar-refractivity contribution in [2.75, 3.05) is 4.90 Å². The van der Waals surface area contributed by atoms with Crippen LogP contribution < -0.4 is 15.0 Å². The van der Waals surface area contributed by atoms with Gasteiger partial charge in [0.1, 0.15) is 29.1 Å². The third-order valence-electron chi connectivity index (χ3n) is 6.66. The van der Waals surface area contributed by atoms with E-state index < -0.39 is 0 Å². The zero-order valence-electron chi connectivity index (χ0n) is 20.8. The van der Waals surface area contributed by atoms with E-state index >= 15 is 0 Å². The Hall–Kier alpha value is -3.84. The number of anilines is 1. The van der Waals surface area contributed by atoms with Gasteiger partial charge in [-0.3, -0.25) is 4.98 Å². The zero-order valence-corrected chi connectivity index (χ0v) is 23.2. The van der Waals surface area contributed by atoms with Crippen LogP contribution in [0.5, 0.6) is 11.5 Å². The molecule has 0 unspecified atom stereocenters. The number of pyridine rings is 1. The van der Waals surface area contributed by atoms with Crippen molar-refractivity contribution in [1.29, 1.82) is 0 Å². The number of ether oxygens (including phenoxy) is 1. The van der Waals surface area contributed by atoms with Gasteiger partial charge in [0.25, 0.3) is 0 Å². The van der Waals surface area contributed by atoms with E-state index in [1.807, 2.05) is 91.9 Å². The lowest BCUT2D eigenvalue weighted by Gasteiger charge is -2.26. The summed E-state index contributed by atoms with van der Waals surface area (Å²) in [5.41, 5.74) is 3.67. The highest BCUT2D eigenvalue weighted by atomic mass is 35.5. The van der Waals surface area contributed by atoms with Crippen molar-refractivity contribution in [2.24, 2.45) is 0 Å². The molecule has 1 N–H and O–H groups in total. The minimum atomic E-state index is -0.285. The van der Waals surface area contributed by atoms with Gasteiger partial charge < -0.3 is 19.4 Å². The maximum absolute atomic E-state index is 6.42. The SMILES string of the molecule is Cc1ccccc1Oc1ccc(N2C(=S)N[C@@H](c3ccccn3)[C@H]2c2ccc(-c3ccc(Cl)c(Cl)c3)o2)cc1. The molecule has 0 spiro atoms. The number of nitrogens with zero attached hydrogens (tertiary/aromatic N) is 2. The molecule has 1 fully saturated rings. The monoisotopic (exact) mass is 571 g/mol. The summed E-state index contributed by atoms with van der Waals surface area (Å²) in [6.45, 7) is 2.02. The van der Waals surface area contributed by atoms with Crippen molar-refractivity contribution in [1.82, 2.24) is 10.3 Å². The summed E-state index contributed by atoms with van der Waals surface area (Å²) in [5.74, 6) is 2.98. The van der Waals surface area contributed by atoms with Gasteiger partial charge in [0.2, 0.25) is 0 Å². The number of hydrogen-bond acceptors (Lipinski definition) is 4. The summed E-state index contributed by atoms with van der Waals surface area (Å²) in [4.78, 5) is 6.67. The van der Waals surface area contributed by atoms with Crippen LogP contribution in [-0.4, -0.2) is 10.1 Å². The molecule has 194 valence electrons. The Morgan fingerprint density at radius 3 is 2.44 bits per heavy atom. The zero-order chi connectivity index (χ0) is 26.9. The summed E-state index contributed by atoms with van der Waals surface area (Å²) >= 11 is 18.2. The fraction of sp³-hybridized carbons (Fsp3) is 0.0968. The first-order valence-electron chi connectivity index (χ1n) is 12.4. The first-order valence-corrected chi connectivity index (χ1v) is 13.5. The average molecular weight is 573 g/mol. The lowest BCUT2D eigenvalue weighted by Crippen LogP contribution is -2.29. The van der Waals surface area contributed by atoms with E-state index in [4.69, 9.17) is 44.6 Å². The van der Waals surface area contributed by atoms with Gasteiger partial charge in [-0.2, -0.15) is 0 Å². The molecule has 6 rings (SSSR count). The summed E-state index contributed by atoms with van der Waals surface area (Å²) in [6.07, 6.45) is 1.78. The third-order valence-corrected chi connectivity index (χ3v) is 7.71. The molecule has 2 aromatic heterocycles. The van der Waals surface area contributed by atoms with Gasteiger partial charge in [-0.1, -0.05) is 47.5 Å². The van der Waals surface area contributed by atoms with Crippen LogP contribution in [0.4, 0.5) is 5.69 Å². The minimum Gasteiger partial charge on any atom is -0.459 e. The molecule has 1 aliphatic rings. The highest BCUT2D eigenvalue weighted by Crippen LogP contribution is 2.43. The number of thiocarbonyl (C=S) groups is 1. The van der Waals surface area contributed by atoms with Gasteiger partial charge in [-0.15, -0.1) is 0 Å². The van der Waals surface area contributed by atoms with Crippen molar-refractivity contribution in [3.05, 3.63) is 130 Å². The Morgan fingerprint density at radius 2 is 1.69 bits per heavy atom. The van der Waals surface area contributed by atoms with Crippen LogP contribution in [0.1, 0.15) is 29.1 Å². The second-order valence-corrected chi connectivity index (χ2v) is 10.4. The van der Waals surface area contributed by atoms with Crippen molar-refractivity contribution in [3.63, 3.8) is 0 Å². The molecular formula is C31H23Cl2N3O2S. The Kier molecular flexibility index (Phi) is 7.00. The van der Waals surface area contributed by atoms with E-state index in [2.05, 4.69) is 15.2 Å². The molecule has 0 radical (unpaired) electrons. The molecule has 0 bridgehead atoms. The molecule has 1 saturated heterocycles. The van der Waals surface area contributed by atoms with Gasteiger partial charge in [0.05, 0.1) is 21.8 Å². The van der Waals surface area contributed by atoms with E-state index in [1.54, 1.807) is 18.3 Å². The quantitative estimate of drug-likeness (QED) is 0.205. The Labute approximate surface area is 242 Å². The lowest BCUT2D eigenvalue weighted by atomic mass is 10.0. The first-order chi connectivity index (χ1) is 19.0. The standard InChI is InChI=1S/C31H23Cl2N3O2S/c1-19-6-2-3-8-26(19)37-22-12-10-21(11-13-22)36-30(29(35-31(36)39)25-7-4-5-17-34-25)28-16-15-27(38-28)20-9-14-23(32)24(33)18-20/h2-18,29-30H,1H3,(H,35,39)/t29-,30+/m0/s1. The van der Waals surface area contributed by atoms with Crippen molar-refractivity contribution < 1.29 is 9.15 Å². The number of para-hydroxylation sites is 1. The number of aromatic nitrogens is 1. The van der Waals surface area contributed by atoms with Crippen LogP contribution in [0.3, 0.4) is 0 Å². The van der Waals surface area contributed by atoms with Crippen LogP contribution >= 0.6 is 35.4 Å². The lowest BCUT2D eigenvalue weighted by molar-refractivity contribution is 0.439. The Morgan fingerprint density at radius 1 is 0.897 bits per heavy atom. The van der Waals surface area contributed by atoms with Gasteiger partial charge in [0, 0.05) is 17.4 Å². The van der Waals surface area contributed by atoms with Gasteiger partial charge >= 0.3 is 0 Å². The smallest absolute Gasteiger partial charge is 0.174 e. The van der Waals surface area contributed by atoms with Crippen LogP contribution in [0.25, 0.3) is 11.3 Å². The molecule has 0 saturated carbocycles. The van der Waals surface area contributed by atoms with E-state index in [0.29, 0.717) is 20.9 Å². The van der Waals surface area contributed by atoms with Gasteiger partial charge in [0.15, 0.2) is 5.11 Å². The van der Waals surface area contributed by atoms with Crippen LogP contribution in [-0.2, 0) is 0 Å². The topological polar surface area (TPSA) is 50.5 Å². The highest BCUT2D eigenvalue weighted by molar-refractivity contribution is 7.80. The molecule has 1 aliphatic heterocycles.